The Balaban J connectivity index is 2.47. The Bertz CT molecular complexity index is 179. The van der Waals surface area contributed by atoms with E-state index < -0.39 is 0 Å². The highest BCUT2D eigenvalue weighted by molar-refractivity contribution is 5.83. The Kier molecular flexibility index (Phi) is 3.09. The molecule has 0 N–H and O–H groups in total. The van der Waals surface area contributed by atoms with E-state index in [1.165, 1.54) is 6.42 Å². The number of carbonyl (C=O) groups excluding carboxylic acids is 1. The van der Waals surface area contributed by atoms with E-state index in [1.54, 1.807) is 6.08 Å². The quantitative estimate of drug-likeness (QED) is 0.553. The van der Waals surface area contributed by atoms with Crippen molar-refractivity contribution in [3.63, 3.8) is 0 Å². The average Bonchev–Trinajstić information content (AvgIpc) is 2.03. The van der Waals surface area contributed by atoms with Crippen molar-refractivity contribution in [1.29, 1.82) is 0 Å². The molecule has 1 aliphatic rings. The molecule has 0 aromatic rings. The summed E-state index contributed by atoms with van der Waals surface area (Å²) in [6.45, 7) is 3.57. The molecular weight excluding hydrogens is 136 g/mol. The van der Waals surface area contributed by atoms with Gasteiger partial charge in [0.1, 0.15) is 5.78 Å². The van der Waals surface area contributed by atoms with Crippen molar-refractivity contribution in [2.75, 3.05) is 0 Å². The summed E-state index contributed by atoms with van der Waals surface area (Å²) in [5.74, 6) is 0.580. The summed E-state index contributed by atoms with van der Waals surface area (Å²) >= 11 is 0. The van der Waals surface area contributed by atoms with E-state index in [4.69, 9.17) is 0 Å². The zero-order chi connectivity index (χ0) is 8.10. The van der Waals surface area contributed by atoms with Gasteiger partial charge in [0.15, 0.2) is 0 Å². The highest BCUT2D eigenvalue weighted by atomic mass is 16.1. The summed E-state index contributed by atoms with van der Waals surface area (Å²) in [5.41, 5.74) is 0. The maximum Gasteiger partial charge on any atom is 0.139 e. The van der Waals surface area contributed by atoms with E-state index in [0.29, 0.717) is 5.78 Å². The van der Waals surface area contributed by atoms with Crippen LogP contribution in [-0.2, 0) is 4.79 Å². The van der Waals surface area contributed by atoms with E-state index >= 15 is 0 Å². The zero-order valence-corrected chi connectivity index (χ0v) is 6.75. The molecule has 0 saturated heterocycles. The first-order valence-electron chi connectivity index (χ1n) is 4.16. The topological polar surface area (TPSA) is 17.1 Å². The van der Waals surface area contributed by atoms with Gasteiger partial charge in [-0.3, -0.25) is 4.79 Å². The van der Waals surface area contributed by atoms with Gasteiger partial charge in [-0.1, -0.05) is 31.2 Å². The molecule has 0 spiro atoms. The lowest BCUT2D eigenvalue weighted by Crippen LogP contribution is -2.16. The Hall–Kier alpha value is -0.850. The second-order valence-corrected chi connectivity index (χ2v) is 2.94. The van der Waals surface area contributed by atoms with E-state index in [2.05, 4.69) is 6.58 Å². The maximum absolute atomic E-state index is 11.2. The van der Waals surface area contributed by atoms with E-state index in [9.17, 15) is 4.79 Å². The number of hydrogen-bond acceptors (Lipinski definition) is 1. The fraction of sp³-hybridized carbons (Fsp3) is 0.500. The van der Waals surface area contributed by atoms with Crippen LogP contribution in [0.1, 0.15) is 25.7 Å². The van der Waals surface area contributed by atoms with Crippen LogP contribution in [0, 0.1) is 5.92 Å². The third kappa shape index (κ3) is 2.34. The van der Waals surface area contributed by atoms with Crippen LogP contribution in [0.2, 0.25) is 0 Å². The van der Waals surface area contributed by atoms with E-state index in [1.807, 2.05) is 12.2 Å². The van der Waals surface area contributed by atoms with Gasteiger partial charge in [0, 0.05) is 12.3 Å². The Morgan fingerprint density at radius 3 is 2.91 bits per heavy atom. The van der Waals surface area contributed by atoms with Gasteiger partial charge < -0.3 is 0 Å². The normalized spacial score (nSPS) is 25.8. The maximum atomic E-state index is 11.2. The molecule has 1 nitrogen and oxygen atoms in total. The molecule has 1 unspecified atom stereocenters. The van der Waals surface area contributed by atoms with Gasteiger partial charge in [-0.25, -0.2) is 0 Å². The molecule has 0 aliphatic heterocycles. The molecule has 1 atom stereocenters. The van der Waals surface area contributed by atoms with Gasteiger partial charge in [-0.15, -0.1) is 0 Å². The van der Waals surface area contributed by atoms with Gasteiger partial charge in [0.25, 0.3) is 0 Å². The largest absolute Gasteiger partial charge is 0.299 e. The second kappa shape index (κ2) is 4.12. The monoisotopic (exact) mass is 150 g/mol. The Labute approximate surface area is 67.8 Å². The summed E-state index contributed by atoms with van der Waals surface area (Å²) in [7, 11) is 0. The van der Waals surface area contributed by atoms with Gasteiger partial charge in [-0.2, -0.15) is 0 Å². The summed E-state index contributed by atoms with van der Waals surface area (Å²) in [6, 6.07) is 0. The van der Waals surface area contributed by atoms with Crippen molar-refractivity contribution in [2.45, 2.75) is 25.7 Å². The molecule has 0 heterocycles. The van der Waals surface area contributed by atoms with Crippen LogP contribution in [0.3, 0.4) is 0 Å². The molecule has 0 amide bonds. The second-order valence-electron chi connectivity index (χ2n) is 2.94. The minimum atomic E-state index is 0.182. The number of carbonyl (C=O) groups is 1. The lowest BCUT2D eigenvalue weighted by molar-refractivity contribution is -0.122. The molecule has 1 aliphatic carbocycles. The number of hydrogen-bond donors (Lipinski definition) is 0. The van der Waals surface area contributed by atoms with Crippen LogP contribution in [0.25, 0.3) is 0 Å². The van der Waals surface area contributed by atoms with Crippen LogP contribution < -0.4 is 0 Å². The number of Topliss-reactive ketones (excluding diaryl/α,β-unsaturated/α-hetero) is 1. The smallest absolute Gasteiger partial charge is 0.139 e. The van der Waals surface area contributed by atoms with E-state index in [-0.39, 0.29) is 5.92 Å². The first-order chi connectivity index (χ1) is 5.34. The van der Waals surface area contributed by atoms with Gasteiger partial charge >= 0.3 is 0 Å². The van der Waals surface area contributed by atoms with Crippen LogP contribution in [0.15, 0.2) is 24.8 Å². The lowest BCUT2D eigenvalue weighted by atomic mass is 9.88. The van der Waals surface area contributed by atoms with Crippen molar-refractivity contribution in [3.05, 3.63) is 24.8 Å². The van der Waals surface area contributed by atoms with E-state index in [0.717, 1.165) is 19.3 Å². The highest BCUT2D eigenvalue weighted by Crippen LogP contribution is 2.21. The van der Waals surface area contributed by atoms with Gasteiger partial charge in [0.05, 0.1) is 0 Å². The number of allylic oxidation sites excluding steroid dienone is 3. The number of rotatable bonds is 2. The van der Waals surface area contributed by atoms with Crippen molar-refractivity contribution >= 4 is 5.78 Å². The van der Waals surface area contributed by atoms with Crippen LogP contribution in [0.4, 0.5) is 0 Å². The highest BCUT2D eigenvalue weighted by Gasteiger charge is 2.18. The summed E-state index contributed by atoms with van der Waals surface area (Å²) in [6.07, 6.45) is 9.63. The summed E-state index contributed by atoms with van der Waals surface area (Å²) < 4.78 is 0. The molecule has 60 valence electrons. The Morgan fingerprint density at radius 1 is 1.45 bits per heavy atom. The minimum Gasteiger partial charge on any atom is -0.299 e. The molecular formula is C10H14O. The lowest BCUT2D eigenvalue weighted by Gasteiger charge is -2.16. The first kappa shape index (κ1) is 8.25. The molecule has 0 aromatic heterocycles. The van der Waals surface area contributed by atoms with Gasteiger partial charge in [-0.05, 0) is 12.8 Å². The average molecular weight is 150 g/mol. The summed E-state index contributed by atoms with van der Waals surface area (Å²) in [5, 5.41) is 0. The molecule has 1 rings (SSSR count). The Morgan fingerprint density at radius 2 is 2.27 bits per heavy atom. The third-order valence-electron chi connectivity index (χ3n) is 2.08. The minimum absolute atomic E-state index is 0.182. The zero-order valence-electron chi connectivity index (χ0n) is 6.75. The molecule has 1 fully saturated rings. The first-order valence-corrected chi connectivity index (χ1v) is 4.16. The van der Waals surface area contributed by atoms with Crippen molar-refractivity contribution in [2.24, 2.45) is 5.92 Å². The molecule has 0 aromatic carbocycles. The molecule has 1 heteroatoms. The molecule has 0 radical (unpaired) electrons. The third-order valence-corrected chi connectivity index (χ3v) is 2.08. The van der Waals surface area contributed by atoms with Crippen LogP contribution >= 0.6 is 0 Å². The molecule has 0 bridgehead atoms. The SMILES string of the molecule is C=C/C=C/C1CCCCC1=O. The van der Waals surface area contributed by atoms with Gasteiger partial charge in [0.2, 0.25) is 0 Å². The fourth-order valence-corrected chi connectivity index (χ4v) is 1.43. The summed E-state index contributed by atoms with van der Waals surface area (Å²) in [4.78, 5) is 11.2. The van der Waals surface area contributed by atoms with Crippen LogP contribution in [-0.4, -0.2) is 5.78 Å². The van der Waals surface area contributed by atoms with Crippen molar-refractivity contribution in [1.82, 2.24) is 0 Å². The predicted molar refractivity (Wildman–Crippen MR) is 46.3 cm³/mol. The van der Waals surface area contributed by atoms with Crippen molar-refractivity contribution < 1.29 is 4.79 Å². The fourth-order valence-electron chi connectivity index (χ4n) is 1.43. The van der Waals surface area contributed by atoms with Crippen LogP contribution in [0.5, 0.6) is 0 Å². The van der Waals surface area contributed by atoms with Crippen molar-refractivity contribution in [3.8, 4) is 0 Å². The molecule has 11 heavy (non-hydrogen) atoms. The standard InChI is InChI=1S/C10H14O/c1-2-3-6-9-7-4-5-8-10(9)11/h2-3,6,9H,1,4-5,7-8H2/b6-3+. The predicted octanol–water partition coefficient (Wildman–Crippen LogP) is 2.49. The molecule has 1 saturated carbocycles. The number of ketones is 1.